The highest BCUT2D eigenvalue weighted by Gasteiger charge is 2.35. The largest absolute Gasteiger partial charge is 0.490 e. The molecular weight excluding hydrogens is 596 g/mol. The van der Waals surface area contributed by atoms with Crippen LogP contribution in [-0.4, -0.2) is 112 Å². The molecule has 0 heterocycles. The second-order valence-electron chi connectivity index (χ2n) is 11.5. The summed E-state index contributed by atoms with van der Waals surface area (Å²) in [6, 6.07) is 15.1. The number of carbonyl (C=O) groups excluding carboxylic acids is 2. The van der Waals surface area contributed by atoms with E-state index in [1.807, 2.05) is 52.0 Å². The fourth-order valence-electron chi connectivity index (χ4n) is 4.05. The number of benzene rings is 2. The van der Waals surface area contributed by atoms with Gasteiger partial charge in [-0.25, -0.2) is 9.59 Å². The van der Waals surface area contributed by atoms with Gasteiger partial charge in [0.15, 0.2) is 12.2 Å². The van der Waals surface area contributed by atoms with Crippen molar-refractivity contribution in [2.24, 2.45) is 0 Å². The van der Waals surface area contributed by atoms with Crippen LogP contribution in [0.5, 0.6) is 11.5 Å². The molecule has 0 aliphatic carbocycles. The smallest absolute Gasteiger partial charge is 0.338 e. The van der Waals surface area contributed by atoms with Gasteiger partial charge in [-0.3, -0.25) is 0 Å². The molecule has 4 atom stereocenters. The summed E-state index contributed by atoms with van der Waals surface area (Å²) in [5, 5.41) is 27.4. The lowest BCUT2D eigenvalue weighted by Crippen LogP contribution is -2.47. The maximum atomic E-state index is 12.8. The molecule has 2 aromatic rings. The van der Waals surface area contributed by atoms with Crippen LogP contribution in [0.2, 0.25) is 0 Å². The summed E-state index contributed by atoms with van der Waals surface area (Å²) in [5.74, 6) is -1.22. The van der Waals surface area contributed by atoms with Crippen molar-refractivity contribution < 1.29 is 48.2 Å². The third kappa shape index (κ3) is 15.4. The van der Waals surface area contributed by atoms with Gasteiger partial charge in [0.1, 0.15) is 36.9 Å². The van der Waals surface area contributed by atoms with E-state index in [2.05, 4.69) is 10.6 Å². The molecular formula is C34H52N2O10. The monoisotopic (exact) mass is 648 g/mol. The van der Waals surface area contributed by atoms with Gasteiger partial charge in [-0.2, -0.15) is 0 Å². The Kier molecular flexibility index (Phi) is 18.2. The highest BCUT2D eigenvalue weighted by Crippen LogP contribution is 2.15. The Morgan fingerprint density at radius 3 is 1.28 bits per heavy atom. The number of esters is 2. The highest BCUT2D eigenvalue weighted by atomic mass is 16.6. The van der Waals surface area contributed by atoms with E-state index in [-0.39, 0.29) is 38.4 Å². The predicted octanol–water partition coefficient (Wildman–Crippen LogP) is 2.06. The lowest BCUT2D eigenvalue weighted by Gasteiger charge is -2.25. The van der Waals surface area contributed by atoms with Crippen molar-refractivity contribution in [2.45, 2.75) is 77.0 Å². The lowest BCUT2D eigenvalue weighted by molar-refractivity contribution is -0.180. The van der Waals surface area contributed by atoms with E-state index < -0.39 is 36.4 Å². The van der Waals surface area contributed by atoms with Crippen LogP contribution >= 0.6 is 0 Å². The summed E-state index contributed by atoms with van der Waals surface area (Å²) < 4.78 is 32.8. The molecule has 2 aromatic carbocycles. The minimum absolute atomic E-state index is 0.0240. The van der Waals surface area contributed by atoms with Crippen LogP contribution in [0.1, 0.15) is 38.8 Å². The Balaban J connectivity index is 1.97. The number of ether oxygens (including phenoxy) is 6. The first-order valence-electron chi connectivity index (χ1n) is 15.7. The molecule has 12 heteroatoms. The molecule has 0 saturated heterocycles. The number of carbonyl (C=O) groups is 2. The Morgan fingerprint density at radius 2 is 0.978 bits per heavy atom. The van der Waals surface area contributed by atoms with E-state index in [9.17, 15) is 19.8 Å². The van der Waals surface area contributed by atoms with Gasteiger partial charge in [-0.1, -0.05) is 52.0 Å². The zero-order chi connectivity index (χ0) is 33.9. The van der Waals surface area contributed by atoms with E-state index in [0.717, 1.165) is 24.0 Å². The maximum absolute atomic E-state index is 12.8. The van der Waals surface area contributed by atoms with E-state index >= 15 is 0 Å². The van der Waals surface area contributed by atoms with E-state index in [1.54, 1.807) is 38.5 Å². The van der Waals surface area contributed by atoms with Gasteiger partial charge in [0.2, 0.25) is 0 Å². The molecule has 0 aliphatic rings. The summed E-state index contributed by atoms with van der Waals surface area (Å²) >= 11 is 0. The standard InChI is InChI=1S/C34H52N2O10/c1-23(2)35-19-29(21-43-27-11-7-25(8-12-27)15-17-41-5)45-33(39)31(37)32(38)34(40)46-30(20-36-24(3)4)22-44-28-13-9-26(10-14-28)16-18-42-6/h7-14,23-24,29-32,35-38H,15-22H2,1-6H3. The van der Waals surface area contributed by atoms with Gasteiger partial charge in [0.25, 0.3) is 0 Å². The molecule has 0 bridgehead atoms. The molecule has 46 heavy (non-hydrogen) atoms. The van der Waals surface area contributed by atoms with Crippen LogP contribution < -0.4 is 20.1 Å². The van der Waals surface area contributed by atoms with Crippen molar-refractivity contribution in [1.82, 2.24) is 10.6 Å². The SMILES string of the molecule is COCCc1ccc(OCC(CNC(C)C)OC(=O)C(O)C(O)C(=O)OC(CNC(C)C)COc2ccc(CCOC)cc2)cc1. The minimum atomic E-state index is -2.17. The van der Waals surface area contributed by atoms with Gasteiger partial charge in [-0.05, 0) is 48.2 Å². The fraction of sp³-hybridized carbons (Fsp3) is 0.588. The Morgan fingerprint density at radius 1 is 0.630 bits per heavy atom. The molecule has 2 rings (SSSR count). The summed E-state index contributed by atoms with van der Waals surface area (Å²) in [7, 11) is 3.29. The molecule has 12 nitrogen and oxygen atoms in total. The minimum Gasteiger partial charge on any atom is -0.490 e. The Labute approximate surface area is 272 Å². The Hall–Kier alpha value is -3.26. The third-order valence-corrected chi connectivity index (χ3v) is 6.76. The van der Waals surface area contributed by atoms with Crippen LogP contribution in [0.15, 0.2) is 48.5 Å². The summed E-state index contributed by atoms with van der Waals surface area (Å²) in [5.41, 5.74) is 2.17. The predicted molar refractivity (Wildman–Crippen MR) is 173 cm³/mol. The summed E-state index contributed by atoms with van der Waals surface area (Å²) in [4.78, 5) is 25.7. The van der Waals surface area contributed by atoms with Gasteiger partial charge >= 0.3 is 11.9 Å². The molecule has 0 saturated carbocycles. The van der Waals surface area contributed by atoms with Crippen molar-refractivity contribution in [3.05, 3.63) is 59.7 Å². The van der Waals surface area contributed by atoms with E-state index in [0.29, 0.717) is 24.7 Å². The quantitative estimate of drug-likeness (QED) is 0.131. The molecule has 0 aliphatic heterocycles. The first-order valence-corrected chi connectivity index (χ1v) is 15.7. The van der Waals surface area contributed by atoms with Crippen LogP contribution in [0, 0.1) is 0 Å². The molecule has 0 spiro atoms. The number of hydrogen-bond acceptors (Lipinski definition) is 12. The van der Waals surface area contributed by atoms with Crippen molar-refractivity contribution >= 4 is 11.9 Å². The summed E-state index contributed by atoms with van der Waals surface area (Å²) in [6.45, 7) is 9.32. The van der Waals surface area contributed by atoms with Crippen LogP contribution in [-0.2, 0) is 41.4 Å². The normalized spacial score (nSPS) is 14.0. The third-order valence-electron chi connectivity index (χ3n) is 6.76. The van der Waals surface area contributed by atoms with Crippen molar-refractivity contribution in [3.8, 4) is 11.5 Å². The van der Waals surface area contributed by atoms with Gasteiger partial charge in [0.05, 0.1) is 13.2 Å². The molecule has 0 fully saturated rings. The number of methoxy groups -OCH3 is 2. The average Bonchev–Trinajstić information content (AvgIpc) is 3.05. The number of aliphatic hydroxyl groups excluding tert-OH is 2. The fourth-order valence-corrected chi connectivity index (χ4v) is 4.05. The lowest BCUT2D eigenvalue weighted by atomic mass is 10.1. The van der Waals surface area contributed by atoms with Crippen molar-refractivity contribution in [2.75, 3.05) is 53.7 Å². The molecule has 4 N–H and O–H groups in total. The van der Waals surface area contributed by atoms with Gasteiger partial charge < -0.3 is 49.3 Å². The number of aliphatic hydroxyl groups is 2. The van der Waals surface area contributed by atoms with Crippen LogP contribution in [0.3, 0.4) is 0 Å². The average molecular weight is 649 g/mol. The first kappa shape index (κ1) is 38.9. The first-order chi connectivity index (χ1) is 22.0. The molecule has 0 aromatic heterocycles. The maximum Gasteiger partial charge on any atom is 0.338 e. The van der Waals surface area contributed by atoms with Gasteiger partial charge in [-0.15, -0.1) is 0 Å². The summed E-state index contributed by atoms with van der Waals surface area (Å²) in [6.07, 6.45) is -4.45. The van der Waals surface area contributed by atoms with Gasteiger partial charge in [0, 0.05) is 39.4 Å². The molecule has 4 unspecified atom stereocenters. The topological polar surface area (TPSA) is 154 Å². The molecule has 258 valence electrons. The molecule has 0 amide bonds. The van der Waals surface area contributed by atoms with E-state index in [4.69, 9.17) is 28.4 Å². The zero-order valence-electron chi connectivity index (χ0n) is 27.9. The zero-order valence-corrected chi connectivity index (χ0v) is 27.9. The number of rotatable bonds is 23. The second-order valence-corrected chi connectivity index (χ2v) is 11.5. The number of nitrogens with one attached hydrogen (secondary N) is 2. The van der Waals surface area contributed by atoms with E-state index in [1.165, 1.54) is 0 Å². The number of hydrogen-bond donors (Lipinski definition) is 4. The van der Waals surface area contributed by atoms with Crippen molar-refractivity contribution in [1.29, 1.82) is 0 Å². The second kappa shape index (κ2) is 21.5. The Bertz CT molecular complexity index is 1040. The van der Waals surface area contributed by atoms with Crippen molar-refractivity contribution in [3.63, 3.8) is 0 Å². The molecule has 0 radical (unpaired) electrons. The highest BCUT2D eigenvalue weighted by molar-refractivity contribution is 5.85. The van der Waals surface area contributed by atoms with Crippen LogP contribution in [0.25, 0.3) is 0 Å². The van der Waals surface area contributed by atoms with Crippen LogP contribution in [0.4, 0.5) is 0 Å².